The van der Waals surface area contributed by atoms with Gasteiger partial charge in [0.15, 0.2) is 9.84 Å². The Hall–Kier alpha value is -0.0900. The highest BCUT2D eigenvalue weighted by Gasteiger charge is 2.36. The Bertz CT molecular complexity index is 326. The standard InChI is InChI=1S/C12H23NO2S/c1-10-8-13-11-6-4-2-3-5-7-12(11)16(14,15)9-10/h10-13H,2-9H2,1H3. The van der Waals surface area contributed by atoms with E-state index in [1.165, 1.54) is 19.3 Å². The van der Waals surface area contributed by atoms with Gasteiger partial charge >= 0.3 is 0 Å². The van der Waals surface area contributed by atoms with Crippen LogP contribution in [-0.4, -0.2) is 32.0 Å². The number of fused-ring (bicyclic) bond motifs is 1. The summed E-state index contributed by atoms with van der Waals surface area (Å²) >= 11 is 0. The van der Waals surface area contributed by atoms with E-state index >= 15 is 0 Å². The Morgan fingerprint density at radius 3 is 2.50 bits per heavy atom. The molecule has 4 heteroatoms. The fourth-order valence-corrected chi connectivity index (χ4v) is 5.46. The van der Waals surface area contributed by atoms with Crippen LogP contribution in [0.5, 0.6) is 0 Å². The highest BCUT2D eigenvalue weighted by molar-refractivity contribution is 7.92. The van der Waals surface area contributed by atoms with Crippen LogP contribution in [-0.2, 0) is 9.84 Å². The molecule has 3 nitrogen and oxygen atoms in total. The molecule has 0 aromatic carbocycles. The van der Waals surface area contributed by atoms with Gasteiger partial charge in [-0.05, 0) is 25.3 Å². The van der Waals surface area contributed by atoms with E-state index in [1.807, 2.05) is 6.92 Å². The number of hydrogen-bond acceptors (Lipinski definition) is 3. The number of sulfone groups is 1. The fourth-order valence-electron chi connectivity index (χ4n) is 3.05. The molecule has 16 heavy (non-hydrogen) atoms. The molecule has 0 aromatic rings. The second-order valence-electron chi connectivity index (χ2n) is 5.48. The van der Waals surface area contributed by atoms with E-state index in [-0.39, 0.29) is 17.2 Å². The van der Waals surface area contributed by atoms with Crippen LogP contribution >= 0.6 is 0 Å². The van der Waals surface area contributed by atoms with Gasteiger partial charge in [0.2, 0.25) is 0 Å². The number of hydrogen-bond donors (Lipinski definition) is 1. The summed E-state index contributed by atoms with van der Waals surface area (Å²) < 4.78 is 24.5. The molecule has 2 fully saturated rings. The maximum atomic E-state index is 12.3. The third-order valence-corrected chi connectivity index (χ3v) is 6.43. The molecule has 0 spiro atoms. The Balaban J connectivity index is 2.19. The Morgan fingerprint density at radius 1 is 1.06 bits per heavy atom. The van der Waals surface area contributed by atoms with Crippen molar-refractivity contribution in [2.24, 2.45) is 5.92 Å². The summed E-state index contributed by atoms with van der Waals surface area (Å²) in [4.78, 5) is 0. The lowest BCUT2D eigenvalue weighted by molar-refractivity contribution is 0.386. The molecule has 2 rings (SSSR count). The van der Waals surface area contributed by atoms with Crippen molar-refractivity contribution in [3.63, 3.8) is 0 Å². The van der Waals surface area contributed by atoms with Gasteiger partial charge in [-0.3, -0.25) is 0 Å². The van der Waals surface area contributed by atoms with Crippen LogP contribution in [0.3, 0.4) is 0 Å². The Kier molecular flexibility index (Phi) is 3.90. The van der Waals surface area contributed by atoms with Gasteiger partial charge < -0.3 is 5.32 Å². The molecule has 3 unspecified atom stereocenters. The van der Waals surface area contributed by atoms with Crippen LogP contribution in [0.2, 0.25) is 0 Å². The minimum atomic E-state index is -2.87. The minimum Gasteiger partial charge on any atom is -0.312 e. The summed E-state index contributed by atoms with van der Waals surface area (Å²) in [6, 6.07) is 0.218. The Labute approximate surface area is 98.9 Å². The van der Waals surface area contributed by atoms with Crippen molar-refractivity contribution in [2.75, 3.05) is 12.3 Å². The van der Waals surface area contributed by atoms with Crippen molar-refractivity contribution in [3.05, 3.63) is 0 Å². The van der Waals surface area contributed by atoms with Gasteiger partial charge in [-0.2, -0.15) is 0 Å². The molecule has 1 saturated carbocycles. The van der Waals surface area contributed by atoms with Gasteiger partial charge in [-0.25, -0.2) is 8.42 Å². The Morgan fingerprint density at radius 2 is 1.75 bits per heavy atom. The molecule has 0 aromatic heterocycles. The zero-order valence-corrected chi connectivity index (χ0v) is 10.9. The van der Waals surface area contributed by atoms with E-state index in [2.05, 4.69) is 5.32 Å². The quantitative estimate of drug-likeness (QED) is 0.707. The zero-order valence-electron chi connectivity index (χ0n) is 10.1. The average molecular weight is 245 g/mol. The summed E-state index contributed by atoms with van der Waals surface area (Å²) in [7, 11) is -2.87. The zero-order chi connectivity index (χ0) is 11.6. The van der Waals surface area contributed by atoms with Gasteiger partial charge in [0.1, 0.15) is 0 Å². The molecule has 0 amide bonds. The van der Waals surface area contributed by atoms with E-state index in [4.69, 9.17) is 0 Å². The van der Waals surface area contributed by atoms with E-state index < -0.39 is 9.84 Å². The van der Waals surface area contributed by atoms with Crippen molar-refractivity contribution in [1.82, 2.24) is 5.32 Å². The summed E-state index contributed by atoms with van der Waals surface area (Å²) in [6.45, 7) is 2.89. The first kappa shape index (κ1) is 12.4. The SMILES string of the molecule is CC1CNC2CCCCCCC2S(=O)(=O)C1. The molecule has 2 aliphatic rings. The lowest BCUT2D eigenvalue weighted by Crippen LogP contribution is -2.43. The lowest BCUT2D eigenvalue weighted by atomic mass is 9.96. The first-order valence-corrected chi connectivity index (χ1v) is 8.26. The third-order valence-electron chi connectivity index (χ3n) is 3.91. The second-order valence-corrected chi connectivity index (χ2v) is 7.74. The summed E-state index contributed by atoms with van der Waals surface area (Å²) in [5.41, 5.74) is 0. The number of nitrogens with one attached hydrogen (secondary N) is 1. The predicted molar refractivity (Wildman–Crippen MR) is 66.2 cm³/mol. The fraction of sp³-hybridized carbons (Fsp3) is 1.00. The van der Waals surface area contributed by atoms with Gasteiger partial charge in [0.05, 0.1) is 11.0 Å². The first-order chi connectivity index (χ1) is 7.59. The molecule has 1 heterocycles. The third kappa shape index (κ3) is 2.77. The van der Waals surface area contributed by atoms with Gasteiger partial charge in [-0.1, -0.05) is 32.6 Å². The van der Waals surface area contributed by atoms with Crippen LogP contribution in [0.25, 0.3) is 0 Å². The van der Waals surface area contributed by atoms with Crippen molar-refractivity contribution in [1.29, 1.82) is 0 Å². The van der Waals surface area contributed by atoms with Crippen LogP contribution in [0.4, 0.5) is 0 Å². The largest absolute Gasteiger partial charge is 0.312 e. The molecule has 0 bridgehead atoms. The van der Waals surface area contributed by atoms with E-state index in [0.29, 0.717) is 5.75 Å². The van der Waals surface area contributed by atoms with Gasteiger partial charge in [-0.15, -0.1) is 0 Å². The van der Waals surface area contributed by atoms with Crippen LogP contribution < -0.4 is 5.32 Å². The van der Waals surface area contributed by atoms with Crippen molar-refractivity contribution in [2.45, 2.75) is 56.7 Å². The molecular formula is C12H23NO2S. The lowest BCUT2D eigenvalue weighted by Gasteiger charge is -2.27. The van der Waals surface area contributed by atoms with Crippen LogP contribution in [0, 0.1) is 5.92 Å². The minimum absolute atomic E-state index is 0.113. The van der Waals surface area contributed by atoms with Gasteiger partial charge in [0, 0.05) is 6.04 Å². The topological polar surface area (TPSA) is 46.2 Å². The maximum Gasteiger partial charge on any atom is 0.155 e. The smallest absolute Gasteiger partial charge is 0.155 e. The van der Waals surface area contributed by atoms with Crippen molar-refractivity contribution < 1.29 is 8.42 Å². The first-order valence-electron chi connectivity index (χ1n) is 6.54. The molecule has 1 N–H and O–H groups in total. The molecule has 0 radical (unpaired) electrons. The summed E-state index contributed by atoms with van der Waals surface area (Å²) in [6.07, 6.45) is 6.63. The van der Waals surface area contributed by atoms with Gasteiger partial charge in [0.25, 0.3) is 0 Å². The molecule has 1 saturated heterocycles. The highest BCUT2D eigenvalue weighted by Crippen LogP contribution is 2.26. The van der Waals surface area contributed by atoms with Crippen molar-refractivity contribution >= 4 is 9.84 Å². The number of rotatable bonds is 0. The molecule has 1 aliphatic carbocycles. The van der Waals surface area contributed by atoms with Crippen LogP contribution in [0.15, 0.2) is 0 Å². The molecular weight excluding hydrogens is 222 g/mol. The average Bonchev–Trinajstić information content (AvgIpc) is 2.23. The second kappa shape index (κ2) is 5.05. The van der Waals surface area contributed by atoms with E-state index in [9.17, 15) is 8.42 Å². The normalized spacial score (nSPS) is 40.2. The van der Waals surface area contributed by atoms with E-state index in [1.54, 1.807) is 0 Å². The monoisotopic (exact) mass is 245 g/mol. The maximum absolute atomic E-state index is 12.3. The molecule has 94 valence electrons. The summed E-state index contributed by atoms with van der Waals surface area (Å²) in [5, 5.41) is 3.36. The molecule has 3 atom stereocenters. The van der Waals surface area contributed by atoms with Crippen LogP contribution in [0.1, 0.15) is 45.4 Å². The van der Waals surface area contributed by atoms with Crippen molar-refractivity contribution in [3.8, 4) is 0 Å². The summed E-state index contributed by atoms with van der Waals surface area (Å²) in [5.74, 6) is 0.638. The molecule has 1 aliphatic heterocycles. The highest BCUT2D eigenvalue weighted by atomic mass is 32.2. The van der Waals surface area contributed by atoms with E-state index in [0.717, 1.165) is 25.8 Å². The predicted octanol–water partition coefficient (Wildman–Crippen LogP) is 1.73.